The standard InChI is InChI=1S/C16H28O/c1-2-3-4-6-14-8-10-15(11-9-14)16-7-5-12-17-13-16/h5,12,14-16H,2-4,6-11,13H2,1H3. The molecule has 1 heterocycles. The summed E-state index contributed by atoms with van der Waals surface area (Å²) in [5.74, 6) is 2.80. The summed E-state index contributed by atoms with van der Waals surface area (Å²) in [5, 5.41) is 0. The summed E-state index contributed by atoms with van der Waals surface area (Å²) in [6.45, 7) is 3.27. The molecule has 1 saturated carbocycles. The van der Waals surface area contributed by atoms with Crippen LogP contribution in [0.4, 0.5) is 0 Å². The highest BCUT2D eigenvalue weighted by molar-refractivity contribution is 4.87. The molecular weight excluding hydrogens is 208 g/mol. The molecular formula is C16H28O. The van der Waals surface area contributed by atoms with Crippen molar-refractivity contribution < 1.29 is 4.74 Å². The predicted octanol–water partition coefficient (Wildman–Crippen LogP) is 4.92. The van der Waals surface area contributed by atoms with E-state index in [2.05, 4.69) is 13.0 Å². The summed E-state index contributed by atoms with van der Waals surface area (Å²) in [7, 11) is 0. The van der Waals surface area contributed by atoms with E-state index in [0.29, 0.717) is 0 Å². The van der Waals surface area contributed by atoms with Gasteiger partial charge in [0.15, 0.2) is 0 Å². The van der Waals surface area contributed by atoms with Gasteiger partial charge < -0.3 is 4.74 Å². The van der Waals surface area contributed by atoms with Gasteiger partial charge in [0.1, 0.15) is 0 Å². The maximum absolute atomic E-state index is 5.46. The molecule has 0 aromatic heterocycles. The van der Waals surface area contributed by atoms with Crippen molar-refractivity contribution in [3.8, 4) is 0 Å². The van der Waals surface area contributed by atoms with Gasteiger partial charge in [-0.05, 0) is 43.1 Å². The largest absolute Gasteiger partial charge is 0.501 e. The molecule has 0 saturated heterocycles. The minimum atomic E-state index is 0.816. The molecule has 0 bridgehead atoms. The first-order valence-electron chi connectivity index (χ1n) is 7.66. The van der Waals surface area contributed by atoms with Crippen molar-refractivity contribution in [1.29, 1.82) is 0 Å². The van der Waals surface area contributed by atoms with E-state index >= 15 is 0 Å². The number of rotatable bonds is 5. The van der Waals surface area contributed by atoms with Crippen LogP contribution in [0.5, 0.6) is 0 Å². The zero-order chi connectivity index (χ0) is 11.9. The van der Waals surface area contributed by atoms with Gasteiger partial charge in [-0.2, -0.15) is 0 Å². The van der Waals surface area contributed by atoms with E-state index in [0.717, 1.165) is 24.4 Å². The molecule has 0 aromatic carbocycles. The minimum absolute atomic E-state index is 0.816. The summed E-state index contributed by atoms with van der Waals surface area (Å²) in [6, 6.07) is 0. The fourth-order valence-electron chi connectivity index (χ4n) is 3.51. The Kier molecular flexibility index (Phi) is 5.41. The van der Waals surface area contributed by atoms with Gasteiger partial charge in [-0.3, -0.25) is 0 Å². The van der Waals surface area contributed by atoms with Gasteiger partial charge in [0.2, 0.25) is 0 Å². The van der Waals surface area contributed by atoms with Gasteiger partial charge in [0, 0.05) is 0 Å². The fraction of sp³-hybridized carbons (Fsp3) is 0.875. The molecule has 1 fully saturated rings. The van der Waals surface area contributed by atoms with Gasteiger partial charge in [0.05, 0.1) is 12.9 Å². The number of ether oxygens (including phenoxy) is 1. The second-order valence-electron chi connectivity index (χ2n) is 5.98. The number of hydrogen-bond donors (Lipinski definition) is 0. The molecule has 0 aromatic rings. The summed E-state index contributed by atoms with van der Waals surface area (Å²) in [5.41, 5.74) is 0. The lowest BCUT2D eigenvalue weighted by Crippen LogP contribution is -2.25. The molecule has 0 radical (unpaired) electrons. The van der Waals surface area contributed by atoms with Crippen molar-refractivity contribution in [3.63, 3.8) is 0 Å². The van der Waals surface area contributed by atoms with E-state index in [1.165, 1.54) is 57.8 Å². The summed E-state index contributed by atoms with van der Waals surface area (Å²) in [4.78, 5) is 0. The van der Waals surface area contributed by atoms with Gasteiger partial charge in [-0.1, -0.05) is 45.4 Å². The van der Waals surface area contributed by atoms with Crippen molar-refractivity contribution in [2.24, 2.45) is 17.8 Å². The molecule has 1 aliphatic heterocycles. The third-order valence-corrected chi connectivity index (χ3v) is 4.72. The molecule has 2 rings (SSSR count). The van der Waals surface area contributed by atoms with Crippen molar-refractivity contribution in [2.45, 2.75) is 64.7 Å². The van der Waals surface area contributed by atoms with E-state index in [-0.39, 0.29) is 0 Å². The Bertz CT molecular complexity index is 226. The molecule has 0 amide bonds. The van der Waals surface area contributed by atoms with Crippen LogP contribution >= 0.6 is 0 Å². The van der Waals surface area contributed by atoms with Crippen LogP contribution in [0, 0.1) is 17.8 Å². The molecule has 1 atom stereocenters. The molecule has 0 spiro atoms. The van der Waals surface area contributed by atoms with E-state index < -0.39 is 0 Å². The van der Waals surface area contributed by atoms with Gasteiger partial charge in [0.25, 0.3) is 0 Å². The lowest BCUT2D eigenvalue weighted by molar-refractivity contribution is 0.104. The Morgan fingerprint density at radius 3 is 2.53 bits per heavy atom. The highest BCUT2D eigenvalue weighted by Crippen LogP contribution is 2.37. The topological polar surface area (TPSA) is 9.23 Å². The molecule has 1 unspecified atom stereocenters. The first-order chi connectivity index (χ1) is 8.40. The van der Waals surface area contributed by atoms with Crippen LogP contribution in [-0.4, -0.2) is 6.61 Å². The molecule has 1 aliphatic carbocycles. The Morgan fingerprint density at radius 2 is 1.88 bits per heavy atom. The van der Waals surface area contributed by atoms with E-state index in [1.807, 2.05) is 6.26 Å². The van der Waals surface area contributed by atoms with Crippen LogP contribution in [0.15, 0.2) is 12.3 Å². The fourth-order valence-corrected chi connectivity index (χ4v) is 3.51. The Labute approximate surface area is 107 Å². The second kappa shape index (κ2) is 7.08. The molecule has 17 heavy (non-hydrogen) atoms. The number of unbranched alkanes of at least 4 members (excludes halogenated alkanes) is 2. The third-order valence-electron chi connectivity index (χ3n) is 4.72. The average molecular weight is 236 g/mol. The summed E-state index contributed by atoms with van der Waals surface area (Å²) in [6.07, 6.45) is 17.0. The highest BCUT2D eigenvalue weighted by atomic mass is 16.5. The van der Waals surface area contributed by atoms with Crippen LogP contribution in [-0.2, 0) is 4.74 Å². The van der Waals surface area contributed by atoms with Crippen LogP contribution in [0.1, 0.15) is 64.7 Å². The van der Waals surface area contributed by atoms with E-state index in [9.17, 15) is 0 Å². The Hall–Kier alpha value is -0.460. The van der Waals surface area contributed by atoms with E-state index in [1.54, 1.807) is 0 Å². The third kappa shape index (κ3) is 4.04. The SMILES string of the molecule is CCCCCC1CCC(C2CC=COC2)CC1. The van der Waals surface area contributed by atoms with Gasteiger partial charge in [-0.15, -0.1) is 0 Å². The zero-order valence-corrected chi connectivity index (χ0v) is 11.4. The van der Waals surface area contributed by atoms with Crippen LogP contribution in [0.2, 0.25) is 0 Å². The smallest absolute Gasteiger partial charge is 0.0906 e. The van der Waals surface area contributed by atoms with Crippen LogP contribution in [0.25, 0.3) is 0 Å². The molecule has 98 valence electrons. The van der Waals surface area contributed by atoms with E-state index in [4.69, 9.17) is 4.74 Å². The first kappa shape index (κ1) is 13.0. The summed E-state index contributed by atoms with van der Waals surface area (Å²) >= 11 is 0. The van der Waals surface area contributed by atoms with Crippen molar-refractivity contribution in [1.82, 2.24) is 0 Å². The van der Waals surface area contributed by atoms with Crippen LogP contribution < -0.4 is 0 Å². The number of hydrogen-bond acceptors (Lipinski definition) is 1. The van der Waals surface area contributed by atoms with Crippen molar-refractivity contribution in [2.75, 3.05) is 6.61 Å². The van der Waals surface area contributed by atoms with Gasteiger partial charge in [-0.25, -0.2) is 0 Å². The van der Waals surface area contributed by atoms with Crippen molar-refractivity contribution in [3.05, 3.63) is 12.3 Å². The van der Waals surface area contributed by atoms with Crippen LogP contribution in [0.3, 0.4) is 0 Å². The minimum Gasteiger partial charge on any atom is -0.501 e. The zero-order valence-electron chi connectivity index (χ0n) is 11.4. The van der Waals surface area contributed by atoms with Crippen molar-refractivity contribution >= 4 is 0 Å². The molecule has 2 aliphatic rings. The predicted molar refractivity (Wildman–Crippen MR) is 72.8 cm³/mol. The lowest BCUT2D eigenvalue weighted by Gasteiger charge is -2.34. The first-order valence-corrected chi connectivity index (χ1v) is 7.66. The summed E-state index contributed by atoms with van der Waals surface area (Å²) < 4.78 is 5.46. The Balaban J connectivity index is 1.65. The maximum Gasteiger partial charge on any atom is 0.0906 e. The lowest BCUT2D eigenvalue weighted by atomic mass is 9.73. The average Bonchev–Trinajstić information content (AvgIpc) is 2.41. The molecule has 1 heteroatoms. The maximum atomic E-state index is 5.46. The van der Waals surface area contributed by atoms with Gasteiger partial charge >= 0.3 is 0 Å². The monoisotopic (exact) mass is 236 g/mol. The molecule has 0 N–H and O–H groups in total. The number of allylic oxidation sites excluding steroid dienone is 1. The highest BCUT2D eigenvalue weighted by Gasteiger charge is 2.27. The normalized spacial score (nSPS) is 33.4. The molecule has 1 nitrogen and oxygen atoms in total. The second-order valence-corrected chi connectivity index (χ2v) is 5.98. The quantitative estimate of drug-likeness (QED) is 0.615. The Morgan fingerprint density at radius 1 is 1.06 bits per heavy atom.